The molecule has 0 heterocycles. The van der Waals surface area contributed by atoms with E-state index < -0.39 is 5.60 Å². The molecular formula is C26H66N2O2. The summed E-state index contributed by atoms with van der Waals surface area (Å²) in [6, 6.07) is 2.10. The van der Waals surface area contributed by atoms with Crippen LogP contribution in [0.3, 0.4) is 0 Å². The number of hydrogen-bond donors (Lipinski definition) is 1. The Balaban J connectivity index is -0.0000000258. The molecule has 0 aliphatic carbocycles. The van der Waals surface area contributed by atoms with Crippen molar-refractivity contribution in [3.63, 3.8) is 0 Å². The molecule has 0 fully saturated rings. The van der Waals surface area contributed by atoms with E-state index in [1.807, 2.05) is 67.6 Å². The van der Waals surface area contributed by atoms with Crippen LogP contribution in [0.5, 0.6) is 0 Å². The van der Waals surface area contributed by atoms with Crippen LogP contribution in [0.2, 0.25) is 0 Å². The molecule has 0 aliphatic rings. The highest BCUT2D eigenvalue weighted by molar-refractivity contribution is 5.80. The zero-order valence-electron chi connectivity index (χ0n) is 20.8. The number of nitriles is 1. The Morgan fingerprint density at radius 3 is 0.867 bits per heavy atom. The third-order valence-electron chi connectivity index (χ3n) is 1.39. The van der Waals surface area contributed by atoms with Gasteiger partial charge in [0.05, 0.1) is 11.7 Å². The fraction of sp³-hybridized carbons (Fsp3) is 0.923. The number of Topliss-reactive ketones (excluding diaryl/α,β-unsaturated/α-hetero) is 1. The van der Waals surface area contributed by atoms with E-state index in [-0.39, 0.29) is 46.3 Å². The van der Waals surface area contributed by atoms with Crippen molar-refractivity contribution in [2.75, 3.05) is 21.1 Å². The smallest absolute Gasteiger partial charge is 0.135 e. The molecule has 0 rings (SSSR count). The standard InChI is InChI=1S/C6H12O.C5H9N.C4H10O.C4H10.C3H9N.4CH4/c1-5(7)6(2,3)4;1-5(2,3)4-6;1-4(2,3)5;2*1-4(2)3;;;;/h1-4H3;1-3H3;5H,1-3H3;4H,1-3H3;1-3H3;4*1H4. The predicted molar refractivity (Wildman–Crippen MR) is 144 cm³/mol. The van der Waals surface area contributed by atoms with Gasteiger partial charge < -0.3 is 10.0 Å². The van der Waals surface area contributed by atoms with Crippen molar-refractivity contribution in [1.82, 2.24) is 4.90 Å². The van der Waals surface area contributed by atoms with E-state index in [1.54, 1.807) is 27.7 Å². The molecule has 4 nitrogen and oxygen atoms in total. The molecule has 4 heteroatoms. The Bertz CT molecular complexity index is 330. The van der Waals surface area contributed by atoms with Crippen molar-refractivity contribution in [1.29, 1.82) is 5.26 Å². The van der Waals surface area contributed by atoms with Gasteiger partial charge in [-0.1, -0.05) is 71.2 Å². The summed E-state index contributed by atoms with van der Waals surface area (Å²) in [4.78, 5) is 12.5. The molecule has 0 bridgehead atoms. The molecule has 0 aromatic carbocycles. The van der Waals surface area contributed by atoms with Gasteiger partial charge in [-0.3, -0.25) is 4.79 Å². The Labute approximate surface area is 195 Å². The predicted octanol–water partition coefficient (Wildman–Crippen LogP) is 8.34. The Hall–Kier alpha value is -0.920. The fourth-order valence-electron chi connectivity index (χ4n) is 0. The second kappa shape index (κ2) is 28.1. The van der Waals surface area contributed by atoms with Crippen LogP contribution >= 0.6 is 0 Å². The molecule has 0 spiro atoms. The normalized spacial score (nSPS) is 9.13. The average Bonchev–Trinajstić information content (AvgIpc) is 2.23. The van der Waals surface area contributed by atoms with E-state index in [0.717, 1.165) is 5.92 Å². The molecule has 30 heavy (non-hydrogen) atoms. The lowest BCUT2D eigenvalue weighted by Crippen LogP contribution is -2.15. The minimum atomic E-state index is -0.500. The van der Waals surface area contributed by atoms with Gasteiger partial charge in [0, 0.05) is 10.8 Å². The highest BCUT2D eigenvalue weighted by Crippen LogP contribution is 2.12. The summed E-state index contributed by atoms with van der Waals surface area (Å²) < 4.78 is 0. The SMILES string of the molecule is C.C.C.C.CC(=O)C(C)(C)C.CC(C)(C)C#N.CC(C)(C)O.CC(C)C.CN(C)C. The molecular weight excluding hydrogens is 372 g/mol. The van der Waals surface area contributed by atoms with Crippen LogP contribution in [0.1, 0.15) is 120 Å². The molecule has 0 unspecified atom stereocenters. The van der Waals surface area contributed by atoms with Crippen LogP contribution in [0.25, 0.3) is 0 Å². The summed E-state index contributed by atoms with van der Waals surface area (Å²) in [6.45, 7) is 24.7. The molecule has 192 valence electrons. The molecule has 0 radical (unpaired) electrons. The van der Waals surface area contributed by atoms with Gasteiger partial charge in [0.15, 0.2) is 0 Å². The van der Waals surface area contributed by atoms with Gasteiger partial charge in [-0.2, -0.15) is 5.26 Å². The van der Waals surface area contributed by atoms with Crippen molar-refractivity contribution < 1.29 is 9.90 Å². The maximum Gasteiger partial charge on any atom is 0.135 e. The van der Waals surface area contributed by atoms with Gasteiger partial charge >= 0.3 is 0 Å². The fourth-order valence-corrected chi connectivity index (χ4v) is 0. The van der Waals surface area contributed by atoms with Crippen LogP contribution in [0.4, 0.5) is 0 Å². The van der Waals surface area contributed by atoms with Gasteiger partial charge in [0.25, 0.3) is 0 Å². The minimum absolute atomic E-state index is 0. The van der Waals surface area contributed by atoms with Crippen molar-refractivity contribution >= 4 is 5.78 Å². The lowest BCUT2D eigenvalue weighted by atomic mass is 9.92. The van der Waals surface area contributed by atoms with E-state index in [1.165, 1.54) is 0 Å². The van der Waals surface area contributed by atoms with Crippen LogP contribution in [0, 0.1) is 28.1 Å². The first-order valence-corrected chi connectivity index (χ1v) is 9.23. The molecule has 1 N–H and O–H groups in total. The van der Waals surface area contributed by atoms with Crippen LogP contribution in [0.15, 0.2) is 0 Å². The van der Waals surface area contributed by atoms with Crippen molar-refractivity contribution in [3.8, 4) is 6.07 Å². The Morgan fingerprint density at radius 1 is 0.800 bits per heavy atom. The van der Waals surface area contributed by atoms with Gasteiger partial charge in [0.1, 0.15) is 5.78 Å². The van der Waals surface area contributed by atoms with Gasteiger partial charge in [-0.25, -0.2) is 0 Å². The Morgan fingerprint density at radius 2 is 0.867 bits per heavy atom. The largest absolute Gasteiger partial charge is 0.391 e. The lowest BCUT2D eigenvalue weighted by molar-refractivity contribution is -0.124. The maximum atomic E-state index is 10.5. The average molecular weight is 439 g/mol. The van der Waals surface area contributed by atoms with Gasteiger partial charge in [-0.15, -0.1) is 0 Å². The van der Waals surface area contributed by atoms with Gasteiger partial charge in [0.2, 0.25) is 0 Å². The summed E-state index contributed by atoms with van der Waals surface area (Å²) in [5.41, 5.74) is -0.792. The first kappa shape index (κ1) is 56.9. The molecule has 0 atom stereocenters. The quantitative estimate of drug-likeness (QED) is 0.412. The van der Waals surface area contributed by atoms with Gasteiger partial charge in [-0.05, 0) is 75.5 Å². The first-order chi connectivity index (χ1) is 11.0. The molecule has 0 aliphatic heterocycles. The van der Waals surface area contributed by atoms with Crippen molar-refractivity contribution in [3.05, 3.63) is 0 Å². The van der Waals surface area contributed by atoms with E-state index in [4.69, 9.17) is 10.4 Å². The molecule has 0 saturated carbocycles. The summed E-state index contributed by atoms with van der Waals surface area (Å²) in [5, 5.41) is 16.7. The monoisotopic (exact) mass is 439 g/mol. The topological polar surface area (TPSA) is 64.3 Å². The summed E-state index contributed by atoms with van der Waals surface area (Å²) in [6.07, 6.45) is 0. The third-order valence-corrected chi connectivity index (χ3v) is 1.39. The number of ketones is 1. The van der Waals surface area contributed by atoms with Crippen LogP contribution < -0.4 is 0 Å². The van der Waals surface area contributed by atoms with Crippen molar-refractivity contribution in [2.24, 2.45) is 16.7 Å². The number of rotatable bonds is 0. The summed E-state index contributed by atoms with van der Waals surface area (Å²) >= 11 is 0. The highest BCUT2D eigenvalue weighted by Gasteiger charge is 2.14. The number of nitrogens with zero attached hydrogens (tertiary/aromatic N) is 2. The maximum absolute atomic E-state index is 10.5. The zero-order chi connectivity index (χ0) is 22.9. The molecule has 0 saturated heterocycles. The van der Waals surface area contributed by atoms with Crippen LogP contribution in [-0.4, -0.2) is 42.5 Å². The zero-order valence-corrected chi connectivity index (χ0v) is 20.8. The van der Waals surface area contributed by atoms with Crippen LogP contribution in [-0.2, 0) is 4.79 Å². The first-order valence-electron chi connectivity index (χ1n) is 9.23. The Kier molecular flexibility index (Phi) is 53.2. The number of carbonyl (C=O) groups is 1. The van der Waals surface area contributed by atoms with E-state index in [9.17, 15) is 4.79 Å². The van der Waals surface area contributed by atoms with E-state index in [0.29, 0.717) is 0 Å². The second-order valence-corrected chi connectivity index (χ2v) is 10.4. The highest BCUT2D eigenvalue weighted by atomic mass is 16.3. The van der Waals surface area contributed by atoms with Crippen molar-refractivity contribution in [2.45, 2.75) is 125 Å². The van der Waals surface area contributed by atoms with E-state index in [2.05, 4.69) is 26.8 Å². The number of aliphatic hydroxyl groups is 1. The third kappa shape index (κ3) is 282. The summed E-state index contributed by atoms with van der Waals surface area (Å²) in [7, 11) is 6.00. The molecule has 0 amide bonds. The second-order valence-electron chi connectivity index (χ2n) is 10.4. The molecule has 0 aromatic heterocycles. The number of hydrogen-bond acceptors (Lipinski definition) is 4. The minimum Gasteiger partial charge on any atom is -0.391 e. The molecule has 0 aromatic rings. The number of carbonyl (C=O) groups excluding carboxylic acids is 1. The summed E-state index contributed by atoms with van der Waals surface area (Å²) in [5.74, 6) is 1.08. The lowest BCUT2D eigenvalue weighted by Gasteiger charge is -2.11. The van der Waals surface area contributed by atoms with E-state index >= 15 is 0 Å².